The van der Waals surface area contributed by atoms with Gasteiger partial charge in [0.05, 0.1) is 0 Å². The molecule has 1 amide bonds. The minimum atomic E-state index is -0.338. The van der Waals surface area contributed by atoms with Gasteiger partial charge in [-0.25, -0.2) is 0 Å². The lowest BCUT2D eigenvalue weighted by Crippen LogP contribution is -2.49. The summed E-state index contributed by atoms with van der Waals surface area (Å²) in [7, 11) is 0. The Balaban J connectivity index is 1.42. The number of nitrogens with zero attached hydrogens (tertiary/aromatic N) is 2. The van der Waals surface area contributed by atoms with E-state index in [1.165, 1.54) is 5.56 Å². The van der Waals surface area contributed by atoms with E-state index in [1.807, 2.05) is 48.5 Å². The second-order valence-electron chi connectivity index (χ2n) is 7.37. The van der Waals surface area contributed by atoms with E-state index in [-0.39, 0.29) is 17.0 Å². The summed E-state index contributed by atoms with van der Waals surface area (Å²) in [5.74, 6) is -0.199. The van der Waals surface area contributed by atoms with Crippen molar-refractivity contribution in [3.63, 3.8) is 0 Å². The predicted octanol–water partition coefficient (Wildman–Crippen LogP) is 3.51. The van der Waals surface area contributed by atoms with Crippen molar-refractivity contribution in [1.29, 1.82) is 0 Å². The molecule has 0 spiro atoms. The Morgan fingerprint density at radius 3 is 2.27 bits per heavy atom. The lowest BCUT2D eigenvalue weighted by atomic mass is 10.0. The fraction of sp³-hybridized carbons (Fsp3) is 0.200. The molecule has 1 N–H and O–H groups in total. The van der Waals surface area contributed by atoms with Gasteiger partial charge in [-0.2, -0.15) is 0 Å². The van der Waals surface area contributed by atoms with E-state index >= 15 is 0 Å². The van der Waals surface area contributed by atoms with Crippen LogP contribution in [0.1, 0.15) is 15.9 Å². The molecule has 30 heavy (non-hydrogen) atoms. The average molecular weight is 399 g/mol. The number of aromatic nitrogens is 1. The van der Waals surface area contributed by atoms with Gasteiger partial charge in [0.25, 0.3) is 11.5 Å². The molecule has 0 saturated carbocycles. The quantitative estimate of drug-likeness (QED) is 0.714. The van der Waals surface area contributed by atoms with Gasteiger partial charge in [0, 0.05) is 44.5 Å². The molecule has 1 saturated heterocycles. The number of piperazine rings is 1. The van der Waals surface area contributed by atoms with Gasteiger partial charge in [-0.15, -0.1) is 0 Å². The standard InChI is InChI=1S/C25H25N3O2/c29-24-23(22(13-14-26-24)21-11-5-2-6-12-21)25(30)28-18-16-27(17-19-28)15-7-10-20-8-3-1-4-9-20/h1-14H,15-19H2,(H,26,29)/b10-7+. The minimum Gasteiger partial charge on any atom is -0.336 e. The molecular formula is C25H25N3O2. The smallest absolute Gasteiger partial charge is 0.261 e. The van der Waals surface area contributed by atoms with Crippen molar-refractivity contribution in [2.45, 2.75) is 0 Å². The summed E-state index contributed by atoms with van der Waals surface area (Å²) in [6.45, 7) is 3.64. The van der Waals surface area contributed by atoms with Crippen LogP contribution in [0.5, 0.6) is 0 Å². The Morgan fingerprint density at radius 2 is 1.57 bits per heavy atom. The van der Waals surface area contributed by atoms with Gasteiger partial charge in [-0.3, -0.25) is 14.5 Å². The molecule has 0 unspecified atom stereocenters. The van der Waals surface area contributed by atoms with E-state index in [9.17, 15) is 9.59 Å². The SMILES string of the molecule is O=C(c1c(-c2ccccc2)cc[nH]c1=O)N1CCN(C/C=C/c2ccccc2)CC1. The molecule has 1 aliphatic rings. The van der Waals surface area contributed by atoms with Crippen LogP contribution in [0, 0.1) is 0 Å². The summed E-state index contributed by atoms with van der Waals surface area (Å²) >= 11 is 0. The lowest BCUT2D eigenvalue weighted by molar-refractivity contribution is 0.0649. The summed E-state index contributed by atoms with van der Waals surface area (Å²) in [6.07, 6.45) is 5.87. The summed E-state index contributed by atoms with van der Waals surface area (Å²) in [5.41, 5.74) is 2.62. The summed E-state index contributed by atoms with van der Waals surface area (Å²) in [5, 5.41) is 0. The molecule has 4 rings (SSSR count). The average Bonchev–Trinajstić information content (AvgIpc) is 2.80. The zero-order chi connectivity index (χ0) is 20.8. The Morgan fingerprint density at radius 1 is 0.900 bits per heavy atom. The van der Waals surface area contributed by atoms with Crippen LogP contribution < -0.4 is 5.56 Å². The molecular weight excluding hydrogens is 374 g/mol. The Kier molecular flexibility index (Phi) is 6.20. The number of H-pyrrole nitrogens is 1. The number of aromatic amines is 1. The largest absolute Gasteiger partial charge is 0.336 e. The van der Waals surface area contributed by atoms with Gasteiger partial charge < -0.3 is 9.88 Å². The van der Waals surface area contributed by atoms with Crippen LogP contribution in [0.3, 0.4) is 0 Å². The fourth-order valence-corrected chi connectivity index (χ4v) is 3.74. The number of hydrogen-bond donors (Lipinski definition) is 1. The molecule has 3 aromatic rings. The van der Waals surface area contributed by atoms with E-state index in [1.54, 1.807) is 17.2 Å². The molecule has 2 heterocycles. The van der Waals surface area contributed by atoms with Gasteiger partial charge in [0.1, 0.15) is 5.56 Å². The highest BCUT2D eigenvalue weighted by atomic mass is 16.2. The van der Waals surface area contributed by atoms with Crippen molar-refractivity contribution in [2.75, 3.05) is 32.7 Å². The normalized spacial score (nSPS) is 14.9. The van der Waals surface area contributed by atoms with Crippen LogP contribution in [0.25, 0.3) is 17.2 Å². The number of nitrogens with one attached hydrogen (secondary N) is 1. The van der Waals surface area contributed by atoms with Crippen LogP contribution >= 0.6 is 0 Å². The van der Waals surface area contributed by atoms with Crippen molar-refractivity contribution in [2.24, 2.45) is 0 Å². The van der Waals surface area contributed by atoms with Crippen LogP contribution in [0.15, 0.2) is 83.8 Å². The number of hydrogen-bond acceptors (Lipinski definition) is 3. The molecule has 0 aliphatic carbocycles. The zero-order valence-electron chi connectivity index (χ0n) is 16.8. The zero-order valence-corrected chi connectivity index (χ0v) is 16.8. The van der Waals surface area contributed by atoms with Gasteiger partial charge >= 0.3 is 0 Å². The Labute approximate surface area is 176 Å². The second kappa shape index (κ2) is 9.37. The van der Waals surface area contributed by atoms with E-state index < -0.39 is 0 Å². The molecule has 1 aromatic heterocycles. The molecule has 0 bridgehead atoms. The third kappa shape index (κ3) is 4.58. The monoisotopic (exact) mass is 399 g/mol. The maximum atomic E-state index is 13.2. The van der Waals surface area contributed by atoms with Crippen molar-refractivity contribution in [3.05, 3.63) is 100 Å². The summed E-state index contributed by atoms with van der Waals surface area (Å²) in [6, 6.07) is 21.6. The Bertz CT molecular complexity index is 1070. The number of amides is 1. The molecule has 152 valence electrons. The maximum Gasteiger partial charge on any atom is 0.261 e. The lowest BCUT2D eigenvalue weighted by Gasteiger charge is -2.34. The van der Waals surface area contributed by atoms with Crippen molar-refractivity contribution >= 4 is 12.0 Å². The third-order valence-electron chi connectivity index (χ3n) is 5.39. The molecule has 2 aromatic carbocycles. The number of carbonyl (C=O) groups excluding carboxylic acids is 1. The van der Waals surface area contributed by atoms with Gasteiger partial charge in [-0.05, 0) is 17.2 Å². The first-order valence-corrected chi connectivity index (χ1v) is 10.2. The molecule has 0 radical (unpaired) electrons. The molecule has 5 heteroatoms. The van der Waals surface area contributed by atoms with E-state index in [0.717, 1.165) is 25.2 Å². The number of rotatable bonds is 5. The van der Waals surface area contributed by atoms with Crippen LogP contribution in [-0.2, 0) is 0 Å². The topological polar surface area (TPSA) is 56.4 Å². The van der Waals surface area contributed by atoms with Crippen molar-refractivity contribution < 1.29 is 4.79 Å². The number of benzene rings is 2. The van der Waals surface area contributed by atoms with Crippen LogP contribution in [-0.4, -0.2) is 53.4 Å². The summed E-state index contributed by atoms with van der Waals surface area (Å²) < 4.78 is 0. The third-order valence-corrected chi connectivity index (χ3v) is 5.39. The first kappa shape index (κ1) is 19.9. The highest BCUT2D eigenvalue weighted by Crippen LogP contribution is 2.22. The van der Waals surface area contributed by atoms with Gasteiger partial charge in [-0.1, -0.05) is 72.8 Å². The second-order valence-corrected chi connectivity index (χ2v) is 7.37. The highest BCUT2D eigenvalue weighted by molar-refractivity contribution is 6.00. The predicted molar refractivity (Wildman–Crippen MR) is 120 cm³/mol. The van der Waals surface area contributed by atoms with E-state index in [4.69, 9.17) is 0 Å². The fourth-order valence-electron chi connectivity index (χ4n) is 3.74. The minimum absolute atomic E-state index is 0.199. The Hall–Kier alpha value is -3.44. The van der Waals surface area contributed by atoms with E-state index in [2.05, 4.69) is 34.2 Å². The van der Waals surface area contributed by atoms with Crippen LogP contribution in [0.4, 0.5) is 0 Å². The molecule has 0 atom stereocenters. The molecule has 5 nitrogen and oxygen atoms in total. The van der Waals surface area contributed by atoms with E-state index in [0.29, 0.717) is 18.7 Å². The maximum absolute atomic E-state index is 13.2. The highest BCUT2D eigenvalue weighted by Gasteiger charge is 2.26. The summed E-state index contributed by atoms with van der Waals surface area (Å²) in [4.78, 5) is 32.5. The van der Waals surface area contributed by atoms with Crippen molar-refractivity contribution in [3.8, 4) is 11.1 Å². The first-order chi connectivity index (χ1) is 14.7. The molecule has 1 fully saturated rings. The first-order valence-electron chi connectivity index (χ1n) is 10.2. The van der Waals surface area contributed by atoms with Gasteiger partial charge in [0.2, 0.25) is 0 Å². The van der Waals surface area contributed by atoms with Crippen LogP contribution in [0.2, 0.25) is 0 Å². The number of pyridine rings is 1. The van der Waals surface area contributed by atoms with Gasteiger partial charge in [0.15, 0.2) is 0 Å². The number of carbonyl (C=O) groups is 1. The molecule has 1 aliphatic heterocycles. The van der Waals surface area contributed by atoms with Crippen molar-refractivity contribution in [1.82, 2.24) is 14.8 Å².